The van der Waals surface area contributed by atoms with Gasteiger partial charge in [0.05, 0.1) is 0 Å². The van der Waals surface area contributed by atoms with E-state index in [-0.39, 0.29) is 18.4 Å². The lowest BCUT2D eigenvalue weighted by atomic mass is 9.97. The van der Waals surface area contributed by atoms with Crippen LogP contribution >= 0.6 is 0 Å². The van der Waals surface area contributed by atoms with Gasteiger partial charge in [-0.15, -0.1) is 0 Å². The number of hydrogen-bond donors (Lipinski definition) is 3. The summed E-state index contributed by atoms with van der Waals surface area (Å²) < 4.78 is 5.50. The van der Waals surface area contributed by atoms with E-state index in [0.29, 0.717) is 6.42 Å². The molecule has 0 spiro atoms. The maximum Gasteiger partial charge on any atom is 0.408 e. The van der Waals surface area contributed by atoms with Crippen molar-refractivity contribution >= 4 is 18.0 Å². The van der Waals surface area contributed by atoms with Crippen LogP contribution in [0.1, 0.15) is 51.2 Å². The van der Waals surface area contributed by atoms with E-state index in [9.17, 15) is 19.5 Å². The van der Waals surface area contributed by atoms with Crippen LogP contribution in [0.4, 0.5) is 4.79 Å². The zero-order valence-electron chi connectivity index (χ0n) is 18.8. The number of carbonyl (C=O) groups excluding carboxylic acids is 2. The van der Waals surface area contributed by atoms with Gasteiger partial charge in [0.1, 0.15) is 18.2 Å². The summed E-state index contributed by atoms with van der Waals surface area (Å²) in [6, 6.07) is 15.0. The van der Waals surface area contributed by atoms with Crippen LogP contribution in [0.15, 0.2) is 48.5 Å². The van der Waals surface area contributed by atoms with Gasteiger partial charge in [0.15, 0.2) is 0 Å². The molecule has 7 heteroatoms. The largest absolute Gasteiger partial charge is 0.480 e. The summed E-state index contributed by atoms with van der Waals surface area (Å²) >= 11 is 0. The minimum atomic E-state index is -1.34. The van der Waals surface area contributed by atoms with E-state index >= 15 is 0 Å². The van der Waals surface area contributed by atoms with Crippen LogP contribution in [0.5, 0.6) is 0 Å². The Bertz CT molecular complexity index is 971. The van der Waals surface area contributed by atoms with Crippen LogP contribution in [-0.2, 0) is 14.3 Å². The first-order valence-corrected chi connectivity index (χ1v) is 10.8. The number of rotatable bonds is 8. The van der Waals surface area contributed by atoms with E-state index in [2.05, 4.69) is 22.8 Å². The molecule has 1 aliphatic carbocycles. The van der Waals surface area contributed by atoms with Crippen molar-refractivity contribution in [2.75, 3.05) is 6.61 Å². The first-order chi connectivity index (χ1) is 15.2. The van der Waals surface area contributed by atoms with Gasteiger partial charge in [0, 0.05) is 5.92 Å². The van der Waals surface area contributed by atoms with Crippen molar-refractivity contribution in [1.82, 2.24) is 10.6 Å². The van der Waals surface area contributed by atoms with Crippen molar-refractivity contribution in [3.05, 3.63) is 59.7 Å². The van der Waals surface area contributed by atoms with E-state index < -0.39 is 29.6 Å². The summed E-state index contributed by atoms with van der Waals surface area (Å²) in [5.41, 5.74) is 3.10. The topological polar surface area (TPSA) is 105 Å². The SMILES string of the molecule is CCC(C)C(NC(=O)C(C)(C)NC(=O)OCC1c2ccccc2-c2ccccc21)C(=O)O. The summed E-state index contributed by atoms with van der Waals surface area (Å²) in [6.45, 7) is 6.76. The molecule has 2 aromatic rings. The van der Waals surface area contributed by atoms with Gasteiger partial charge in [-0.25, -0.2) is 9.59 Å². The highest BCUT2D eigenvalue weighted by molar-refractivity contribution is 5.92. The Hall–Kier alpha value is -3.35. The molecule has 2 amide bonds. The average molecular weight is 439 g/mol. The molecule has 2 aromatic carbocycles. The van der Waals surface area contributed by atoms with Gasteiger partial charge in [0.2, 0.25) is 5.91 Å². The molecule has 0 heterocycles. The summed E-state index contributed by atoms with van der Waals surface area (Å²) in [5.74, 6) is -2.03. The fraction of sp³-hybridized carbons (Fsp3) is 0.400. The number of hydrogen-bond acceptors (Lipinski definition) is 4. The second-order valence-electron chi connectivity index (χ2n) is 8.75. The number of benzene rings is 2. The highest BCUT2D eigenvalue weighted by atomic mass is 16.5. The first kappa shape index (κ1) is 23.3. The van der Waals surface area contributed by atoms with Crippen molar-refractivity contribution in [2.24, 2.45) is 5.92 Å². The fourth-order valence-corrected chi connectivity index (χ4v) is 3.95. The second-order valence-corrected chi connectivity index (χ2v) is 8.75. The number of amides is 2. The van der Waals surface area contributed by atoms with Crippen molar-refractivity contribution in [3.8, 4) is 11.1 Å². The number of carbonyl (C=O) groups is 3. The van der Waals surface area contributed by atoms with E-state index in [1.54, 1.807) is 6.92 Å². The normalized spacial score (nSPS) is 14.6. The zero-order valence-corrected chi connectivity index (χ0v) is 18.8. The number of alkyl carbamates (subject to hydrolysis) is 1. The Morgan fingerprint density at radius 1 is 1.03 bits per heavy atom. The van der Waals surface area contributed by atoms with Gasteiger partial charge in [-0.1, -0.05) is 68.8 Å². The van der Waals surface area contributed by atoms with Gasteiger partial charge >= 0.3 is 12.1 Å². The molecular formula is C25H30N2O5. The number of carboxylic acid groups (broad SMARTS) is 1. The molecule has 1 aliphatic rings. The lowest BCUT2D eigenvalue weighted by Gasteiger charge is -2.28. The monoisotopic (exact) mass is 438 g/mol. The molecule has 0 bridgehead atoms. The molecule has 170 valence electrons. The van der Waals surface area contributed by atoms with Gasteiger partial charge < -0.3 is 20.5 Å². The van der Waals surface area contributed by atoms with Crippen LogP contribution in [-0.4, -0.2) is 41.3 Å². The molecule has 0 saturated heterocycles. The quantitative estimate of drug-likeness (QED) is 0.579. The standard InChI is InChI=1S/C25H30N2O5/c1-5-15(2)21(22(28)29)26-23(30)25(3,4)27-24(31)32-14-20-18-12-8-6-10-16(18)17-11-7-9-13-19(17)20/h6-13,15,20-21H,5,14H2,1-4H3,(H,26,30)(H,27,31)(H,28,29). The molecule has 7 nitrogen and oxygen atoms in total. The average Bonchev–Trinajstić information content (AvgIpc) is 3.08. The van der Waals surface area contributed by atoms with Crippen LogP contribution in [0, 0.1) is 5.92 Å². The molecule has 0 aliphatic heterocycles. The Balaban J connectivity index is 1.64. The third-order valence-corrected chi connectivity index (χ3v) is 6.09. The maximum atomic E-state index is 12.7. The molecule has 2 unspecified atom stereocenters. The lowest BCUT2D eigenvalue weighted by molar-refractivity contribution is -0.144. The molecular weight excluding hydrogens is 408 g/mol. The van der Waals surface area contributed by atoms with E-state index in [4.69, 9.17) is 4.74 Å². The third kappa shape index (κ3) is 4.77. The maximum absolute atomic E-state index is 12.7. The minimum Gasteiger partial charge on any atom is -0.480 e. The molecule has 32 heavy (non-hydrogen) atoms. The van der Waals surface area contributed by atoms with E-state index in [0.717, 1.165) is 22.3 Å². The van der Waals surface area contributed by atoms with Gasteiger partial charge in [-0.2, -0.15) is 0 Å². The molecule has 2 atom stereocenters. The van der Waals surface area contributed by atoms with E-state index in [1.165, 1.54) is 13.8 Å². The Morgan fingerprint density at radius 3 is 2.06 bits per heavy atom. The summed E-state index contributed by atoms with van der Waals surface area (Å²) in [6.07, 6.45) is -0.139. The highest BCUT2D eigenvalue weighted by Crippen LogP contribution is 2.44. The van der Waals surface area contributed by atoms with Crippen LogP contribution in [0.2, 0.25) is 0 Å². The molecule has 3 rings (SSSR count). The van der Waals surface area contributed by atoms with Crippen molar-refractivity contribution in [1.29, 1.82) is 0 Å². The Morgan fingerprint density at radius 2 is 1.56 bits per heavy atom. The van der Waals surface area contributed by atoms with Gasteiger partial charge in [-0.05, 0) is 42.0 Å². The van der Waals surface area contributed by atoms with Crippen molar-refractivity contribution < 1.29 is 24.2 Å². The molecule has 0 aromatic heterocycles. The summed E-state index contributed by atoms with van der Waals surface area (Å²) in [4.78, 5) is 36.7. The van der Waals surface area contributed by atoms with Crippen LogP contribution in [0.3, 0.4) is 0 Å². The summed E-state index contributed by atoms with van der Waals surface area (Å²) in [5, 5.41) is 14.5. The third-order valence-electron chi connectivity index (χ3n) is 6.09. The van der Waals surface area contributed by atoms with Gasteiger partial charge in [-0.3, -0.25) is 4.79 Å². The predicted molar refractivity (Wildman–Crippen MR) is 121 cm³/mol. The summed E-state index contributed by atoms with van der Waals surface area (Å²) in [7, 11) is 0. The van der Waals surface area contributed by atoms with Crippen LogP contribution < -0.4 is 10.6 Å². The fourth-order valence-electron chi connectivity index (χ4n) is 3.95. The lowest BCUT2D eigenvalue weighted by Crippen LogP contribution is -2.59. The minimum absolute atomic E-state index is 0.0908. The second kappa shape index (κ2) is 9.42. The smallest absolute Gasteiger partial charge is 0.408 e. The molecule has 0 fully saturated rings. The van der Waals surface area contributed by atoms with Gasteiger partial charge in [0.25, 0.3) is 0 Å². The zero-order chi connectivity index (χ0) is 23.5. The van der Waals surface area contributed by atoms with Crippen molar-refractivity contribution in [3.63, 3.8) is 0 Å². The predicted octanol–water partition coefficient (Wildman–Crippen LogP) is 3.92. The number of aliphatic carboxylic acids is 1. The Labute approximate surface area is 188 Å². The number of ether oxygens (including phenoxy) is 1. The van der Waals surface area contributed by atoms with E-state index in [1.807, 2.05) is 43.3 Å². The number of carboxylic acids is 1. The molecule has 0 radical (unpaired) electrons. The molecule has 0 saturated carbocycles. The number of nitrogens with one attached hydrogen (secondary N) is 2. The van der Waals surface area contributed by atoms with Crippen molar-refractivity contribution in [2.45, 2.75) is 51.6 Å². The first-order valence-electron chi connectivity index (χ1n) is 10.8. The number of fused-ring (bicyclic) bond motifs is 3. The highest BCUT2D eigenvalue weighted by Gasteiger charge is 2.35. The van der Waals surface area contributed by atoms with Crippen LogP contribution in [0.25, 0.3) is 11.1 Å². The molecule has 3 N–H and O–H groups in total. The Kier molecular flexibility index (Phi) is 6.87.